The van der Waals surface area contributed by atoms with E-state index in [2.05, 4.69) is 39.5 Å². The number of aryl methyl sites for hydroxylation is 1. The maximum absolute atomic E-state index is 12.2. The van der Waals surface area contributed by atoms with Crippen LogP contribution in [0.1, 0.15) is 28.8 Å². The smallest absolute Gasteiger partial charge is 0.226 e. The van der Waals surface area contributed by atoms with Crippen molar-refractivity contribution in [2.24, 2.45) is 0 Å². The first kappa shape index (κ1) is 20.5. The molecular formula is C22H24ClN3OS. The van der Waals surface area contributed by atoms with Gasteiger partial charge in [0.1, 0.15) is 0 Å². The number of nitrogens with one attached hydrogen (secondary N) is 1. The molecule has 0 radical (unpaired) electrons. The van der Waals surface area contributed by atoms with Crippen molar-refractivity contribution in [1.29, 1.82) is 0 Å². The Morgan fingerprint density at radius 1 is 1.07 bits per heavy atom. The molecular weight excluding hydrogens is 390 g/mol. The highest BCUT2D eigenvalue weighted by atomic mass is 35.5. The summed E-state index contributed by atoms with van der Waals surface area (Å²) in [7, 11) is 0. The van der Waals surface area contributed by atoms with Crippen molar-refractivity contribution < 1.29 is 4.79 Å². The van der Waals surface area contributed by atoms with Gasteiger partial charge in [0, 0.05) is 31.4 Å². The average molecular weight is 414 g/mol. The first-order valence-corrected chi connectivity index (χ1v) is 10.2. The number of anilines is 1. The van der Waals surface area contributed by atoms with Gasteiger partial charge in [-0.3, -0.25) is 9.69 Å². The van der Waals surface area contributed by atoms with Crippen LogP contribution in [0.4, 0.5) is 5.13 Å². The van der Waals surface area contributed by atoms with E-state index in [1.807, 2.05) is 35.7 Å². The van der Waals surface area contributed by atoms with Gasteiger partial charge < -0.3 is 5.32 Å². The van der Waals surface area contributed by atoms with E-state index in [1.165, 1.54) is 28.0 Å². The number of carbonyl (C=O) groups is 1. The third-order valence-electron chi connectivity index (χ3n) is 4.88. The molecule has 146 valence electrons. The summed E-state index contributed by atoms with van der Waals surface area (Å²) >= 11 is 1.50. The molecule has 1 N–H and O–H groups in total. The summed E-state index contributed by atoms with van der Waals surface area (Å²) in [5.74, 6) is 0.0200. The zero-order valence-electron chi connectivity index (χ0n) is 15.6. The molecule has 1 aliphatic rings. The van der Waals surface area contributed by atoms with Gasteiger partial charge in [0.05, 0.1) is 5.69 Å². The Hall–Kier alpha value is -2.21. The van der Waals surface area contributed by atoms with Crippen LogP contribution in [0.15, 0.2) is 60.0 Å². The molecule has 2 aromatic carbocycles. The molecule has 6 heteroatoms. The van der Waals surface area contributed by atoms with Crippen molar-refractivity contribution in [3.05, 3.63) is 82.4 Å². The maximum atomic E-state index is 12.2. The van der Waals surface area contributed by atoms with Gasteiger partial charge in [0.15, 0.2) is 5.13 Å². The van der Waals surface area contributed by atoms with E-state index in [9.17, 15) is 4.79 Å². The number of carbonyl (C=O) groups excluding carboxylic acids is 1. The molecule has 3 aromatic rings. The number of hydrogen-bond acceptors (Lipinski definition) is 4. The largest absolute Gasteiger partial charge is 0.302 e. The fraction of sp³-hybridized carbons (Fsp3) is 0.273. The number of hydrogen-bond donors (Lipinski definition) is 1. The molecule has 4 nitrogen and oxygen atoms in total. The maximum Gasteiger partial charge on any atom is 0.226 e. The molecule has 0 saturated heterocycles. The van der Waals surface area contributed by atoms with Gasteiger partial charge in [-0.15, -0.1) is 23.7 Å². The molecule has 0 fully saturated rings. The van der Waals surface area contributed by atoms with Crippen molar-refractivity contribution in [3.63, 3.8) is 0 Å². The lowest BCUT2D eigenvalue weighted by Gasteiger charge is -2.27. The molecule has 0 aliphatic carbocycles. The van der Waals surface area contributed by atoms with Crippen molar-refractivity contribution in [3.8, 4) is 0 Å². The van der Waals surface area contributed by atoms with E-state index in [4.69, 9.17) is 0 Å². The first-order valence-electron chi connectivity index (χ1n) is 9.33. The third-order valence-corrected chi connectivity index (χ3v) is 5.68. The summed E-state index contributed by atoms with van der Waals surface area (Å²) in [6, 6.07) is 18.7. The van der Waals surface area contributed by atoms with Gasteiger partial charge >= 0.3 is 0 Å². The average Bonchev–Trinajstić information content (AvgIpc) is 3.14. The van der Waals surface area contributed by atoms with Crippen LogP contribution in [0, 0.1) is 0 Å². The van der Waals surface area contributed by atoms with Gasteiger partial charge in [-0.2, -0.15) is 0 Å². The summed E-state index contributed by atoms with van der Waals surface area (Å²) in [6.07, 6.45) is 2.31. The van der Waals surface area contributed by atoms with Crippen molar-refractivity contribution in [1.82, 2.24) is 9.88 Å². The fourth-order valence-corrected chi connectivity index (χ4v) is 4.16. The Labute approximate surface area is 176 Å². The predicted molar refractivity (Wildman–Crippen MR) is 117 cm³/mol. The molecule has 0 saturated carbocycles. The molecule has 4 rings (SSSR count). The molecule has 1 aromatic heterocycles. The summed E-state index contributed by atoms with van der Waals surface area (Å²) in [5.41, 5.74) is 5.07. The number of thiazole rings is 1. The number of fused-ring (bicyclic) bond motifs is 1. The van der Waals surface area contributed by atoms with Crippen LogP contribution in [0.3, 0.4) is 0 Å². The molecule has 0 atom stereocenters. The van der Waals surface area contributed by atoms with Crippen molar-refractivity contribution in [2.75, 3.05) is 11.9 Å². The molecule has 1 amide bonds. The highest BCUT2D eigenvalue weighted by Gasteiger charge is 2.17. The zero-order valence-corrected chi connectivity index (χ0v) is 17.3. The van der Waals surface area contributed by atoms with Crippen LogP contribution in [-0.2, 0) is 30.7 Å². The van der Waals surface area contributed by atoms with E-state index in [0.717, 1.165) is 38.2 Å². The van der Waals surface area contributed by atoms with Crippen LogP contribution in [0.25, 0.3) is 0 Å². The predicted octanol–water partition coefficient (Wildman–Crippen LogP) is 4.69. The Kier molecular flexibility index (Phi) is 7.20. The summed E-state index contributed by atoms with van der Waals surface area (Å²) in [6.45, 7) is 2.84. The molecule has 1 aliphatic heterocycles. The van der Waals surface area contributed by atoms with Crippen LogP contribution < -0.4 is 5.32 Å². The lowest BCUT2D eigenvalue weighted by Crippen LogP contribution is -2.30. The number of amides is 1. The molecule has 0 spiro atoms. The fourth-order valence-electron chi connectivity index (χ4n) is 3.44. The van der Waals surface area contributed by atoms with Crippen molar-refractivity contribution in [2.45, 2.75) is 32.4 Å². The third kappa shape index (κ3) is 5.41. The lowest BCUT2D eigenvalue weighted by molar-refractivity contribution is -0.116. The standard InChI is InChI=1S/C22H23N3OS.ClH/c26-21(11-10-17-6-2-1-3-7-17)24-22-23-20(16-27-22)15-25-13-12-18-8-4-5-9-19(18)14-25;/h1-9,16H,10-15H2,(H,23,24,26);1H. The Morgan fingerprint density at radius 3 is 2.64 bits per heavy atom. The second-order valence-corrected chi connectivity index (χ2v) is 7.77. The highest BCUT2D eigenvalue weighted by molar-refractivity contribution is 7.13. The summed E-state index contributed by atoms with van der Waals surface area (Å²) in [5, 5.41) is 5.68. The topological polar surface area (TPSA) is 45.2 Å². The number of rotatable bonds is 6. The van der Waals surface area contributed by atoms with E-state index < -0.39 is 0 Å². The zero-order chi connectivity index (χ0) is 18.5. The van der Waals surface area contributed by atoms with Gasteiger partial charge in [0.25, 0.3) is 0 Å². The van der Waals surface area contributed by atoms with Crippen LogP contribution in [0.5, 0.6) is 0 Å². The van der Waals surface area contributed by atoms with Gasteiger partial charge in [-0.05, 0) is 29.5 Å². The van der Waals surface area contributed by atoms with Crippen molar-refractivity contribution >= 4 is 34.8 Å². The van der Waals surface area contributed by atoms with E-state index in [-0.39, 0.29) is 18.3 Å². The molecule has 0 unspecified atom stereocenters. The number of aromatic nitrogens is 1. The molecule has 0 bridgehead atoms. The molecule has 2 heterocycles. The normalized spacial score (nSPS) is 13.4. The number of benzene rings is 2. The number of nitrogens with zero attached hydrogens (tertiary/aromatic N) is 2. The Bertz CT molecular complexity index is 913. The quantitative estimate of drug-likeness (QED) is 0.637. The number of halogens is 1. The highest BCUT2D eigenvalue weighted by Crippen LogP contribution is 2.22. The van der Waals surface area contributed by atoms with Gasteiger partial charge in [0.2, 0.25) is 5.91 Å². The second kappa shape index (κ2) is 9.82. The minimum Gasteiger partial charge on any atom is -0.302 e. The van der Waals surface area contributed by atoms with E-state index in [0.29, 0.717) is 11.6 Å². The Morgan fingerprint density at radius 2 is 1.82 bits per heavy atom. The van der Waals surface area contributed by atoms with Gasteiger partial charge in [-0.25, -0.2) is 4.98 Å². The van der Waals surface area contributed by atoms with E-state index >= 15 is 0 Å². The van der Waals surface area contributed by atoms with Crippen LogP contribution in [-0.4, -0.2) is 22.3 Å². The minimum atomic E-state index is 0. The summed E-state index contributed by atoms with van der Waals surface area (Å²) in [4.78, 5) is 19.2. The molecule has 28 heavy (non-hydrogen) atoms. The summed E-state index contributed by atoms with van der Waals surface area (Å²) < 4.78 is 0. The second-order valence-electron chi connectivity index (χ2n) is 6.91. The lowest BCUT2D eigenvalue weighted by atomic mass is 10.00. The van der Waals surface area contributed by atoms with E-state index in [1.54, 1.807) is 0 Å². The van der Waals surface area contributed by atoms with Gasteiger partial charge in [-0.1, -0.05) is 54.6 Å². The van der Waals surface area contributed by atoms with Crippen LogP contribution >= 0.6 is 23.7 Å². The minimum absolute atomic E-state index is 0. The first-order chi connectivity index (χ1) is 13.3. The SMILES string of the molecule is Cl.O=C(CCc1ccccc1)Nc1nc(CN2CCc3ccccc3C2)cs1. The Balaban J connectivity index is 0.00000225. The van der Waals surface area contributed by atoms with Crippen LogP contribution in [0.2, 0.25) is 0 Å². The monoisotopic (exact) mass is 413 g/mol.